The Hall–Kier alpha value is -1.88. The average Bonchev–Trinajstić information content (AvgIpc) is 2.27. The predicted octanol–water partition coefficient (Wildman–Crippen LogP) is 1.22. The summed E-state index contributed by atoms with van der Waals surface area (Å²) in [5.41, 5.74) is 2.08. The van der Waals surface area contributed by atoms with Crippen LogP contribution in [0.15, 0.2) is 24.3 Å². The van der Waals surface area contributed by atoms with Crippen molar-refractivity contribution in [1.82, 2.24) is 4.90 Å². The van der Waals surface area contributed by atoms with E-state index in [1.807, 2.05) is 31.2 Å². The number of carbonyl (C=O) groups is 2. The Morgan fingerprint density at radius 3 is 2.00 bits per heavy atom. The molecule has 1 rings (SSSR count). The fraction of sp³-hybridized carbons (Fsp3) is 0.385. The molecule has 0 aliphatic carbocycles. The van der Waals surface area contributed by atoms with Gasteiger partial charge >= 0.3 is 11.9 Å². The van der Waals surface area contributed by atoms with Crippen LogP contribution >= 0.6 is 0 Å². The second kappa shape index (κ2) is 6.76. The summed E-state index contributed by atoms with van der Waals surface area (Å²) < 4.78 is 0. The highest BCUT2D eigenvalue weighted by atomic mass is 16.4. The van der Waals surface area contributed by atoms with Gasteiger partial charge in [-0.2, -0.15) is 0 Å². The highest BCUT2D eigenvalue weighted by Crippen LogP contribution is 2.12. The Morgan fingerprint density at radius 1 is 1.06 bits per heavy atom. The van der Waals surface area contributed by atoms with Gasteiger partial charge in [-0.25, -0.2) is 0 Å². The molecular formula is C13H17NO4. The first kappa shape index (κ1) is 14.2. The zero-order chi connectivity index (χ0) is 13.5. The van der Waals surface area contributed by atoms with Gasteiger partial charge in [-0.15, -0.1) is 0 Å². The van der Waals surface area contributed by atoms with Crippen LogP contribution in [0.4, 0.5) is 0 Å². The van der Waals surface area contributed by atoms with Crippen LogP contribution in [0.25, 0.3) is 0 Å². The number of hydrogen-bond acceptors (Lipinski definition) is 3. The number of hydrogen-bond donors (Lipinski definition) is 2. The SMILES string of the molecule is CCc1ccccc1CN(CC(=O)O)CC(=O)O. The van der Waals surface area contributed by atoms with E-state index in [0.717, 1.165) is 17.5 Å². The van der Waals surface area contributed by atoms with E-state index < -0.39 is 11.9 Å². The summed E-state index contributed by atoms with van der Waals surface area (Å²) in [5.74, 6) is -2.05. The van der Waals surface area contributed by atoms with E-state index >= 15 is 0 Å². The molecule has 0 unspecified atom stereocenters. The van der Waals surface area contributed by atoms with Crippen molar-refractivity contribution in [3.05, 3.63) is 35.4 Å². The summed E-state index contributed by atoms with van der Waals surface area (Å²) >= 11 is 0. The van der Waals surface area contributed by atoms with Crippen molar-refractivity contribution in [3.63, 3.8) is 0 Å². The maximum Gasteiger partial charge on any atom is 0.317 e. The van der Waals surface area contributed by atoms with Gasteiger partial charge in [0.1, 0.15) is 0 Å². The predicted molar refractivity (Wildman–Crippen MR) is 66.4 cm³/mol. The normalized spacial score (nSPS) is 10.6. The zero-order valence-corrected chi connectivity index (χ0v) is 10.3. The smallest absolute Gasteiger partial charge is 0.317 e. The largest absolute Gasteiger partial charge is 0.480 e. The molecule has 0 radical (unpaired) electrons. The van der Waals surface area contributed by atoms with E-state index in [0.29, 0.717) is 6.54 Å². The molecule has 98 valence electrons. The first-order valence-corrected chi connectivity index (χ1v) is 5.75. The van der Waals surface area contributed by atoms with Crippen LogP contribution in [0.5, 0.6) is 0 Å². The summed E-state index contributed by atoms with van der Waals surface area (Å²) in [6.45, 7) is 1.80. The van der Waals surface area contributed by atoms with E-state index in [1.54, 1.807) is 0 Å². The minimum absolute atomic E-state index is 0.273. The molecule has 18 heavy (non-hydrogen) atoms. The monoisotopic (exact) mass is 251 g/mol. The van der Waals surface area contributed by atoms with Crippen molar-refractivity contribution >= 4 is 11.9 Å². The molecule has 0 aromatic heterocycles. The van der Waals surface area contributed by atoms with E-state index in [4.69, 9.17) is 10.2 Å². The number of rotatable bonds is 7. The first-order chi connectivity index (χ1) is 8.52. The van der Waals surface area contributed by atoms with Gasteiger partial charge in [-0.3, -0.25) is 14.5 Å². The molecule has 0 bridgehead atoms. The second-order valence-electron chi connectivity index (χ2n) is 4.05. The Bertz CT molecular complexity index is 415. The van der Waals surface area contributed by atoms with E-state index in [-0.39, 0.29) is 13.1 Å². The van der Waals surface area contributed by atoms with Gasteiger partial charge < -0.3 is 10.2 Å². The summed E-state index contributed by atoms with van der Waals surface area (Å²) in [7, 11) is 0. The van der Waals surface area contributed by atoms with Gasteiger partial charge in [-0.1, -0.05) is 31.2 Å². The van der Waals surface area contributed by atoms with E-state index in [2.05, 4.69) is 0 Å². The molecule has 0 amide bonds. The lowest BCUT2D eigenvalue weighted by atomic mass is 10.0. The van der Waals surface area contributed by atoms with Gasteiger partial charge in [0.25, 0.3) is 0 Å². The van der Waals surface area contributed by atoms with Crippen LogP contribution in [0, 0.1) is 0 Å². The van der Waals surface area contributed by atoms with E-state index in [9.17, 15) is 9.59 Å². The highest BCUT2D eigenvalue weighted by molar-refractivity contribution is 5.72. The van der Waals surface area contributed by atoms with Gasteiger partial charge in [0.15, 0.2) is 0 Å². The Kier molecular flexibility index (Phi) is 5.32. The molecule has 0 saturated heterocycles. The summed E-state index contributed by atoms with van der Waals surface area (Å²) in [5, 5.41) is 17.5. The third-order valence-electron chi connectivity index (χ3n) is 2.61. The molecule has 5 nitrogen and oxygen atoms in total. The fourth-order valence-corrected chi connectivity index (χ4v) is 1.85. The molecule has 0 atom stereocenters. The summed E-state index contributed by atoms with van der Waals surface area (Å²) in [6, 6.07) is 7.65. The van der Waals surface area contributed by atoms with Gasteiger partial charge in [0.2, 0.25) is 0 Å². The maximum absolute atomic E-state index is 10.7. The van der Waals surface area contributed by atoms with Crippen LogP contribution < -0.4 is 0 Å². The molecular weight excluding hydrogens is 234 g/mol. The molecule has 0 saturated carbocycles. The average molecular weight is 251 g/mol. The van der Waals surface area contributed by atoms with Crippen molar-refractivity contribution in [2.75, 3.05) is 13.1 Å². The number of nitrogens with zero attached hydrogens (tertiary/aromatic N) is 1. The maximum atomic E-state index is 10.7. The Balaban J connectivity index is 2.81. The molecule has 0 fully saturated rings. The van der Waals surface area contributed by atoms with Gasteiger partial charge in [0.05, 0.1) is 13.1 Å². The number of aryl methyl sites for hydroxylation is 1. The standard InChI is InChI=1S/C13H17NO4/c1-2-10-5-3-4-6-11(10)7-14(8-12(15)16)9-13(17)18/h3-6H,2,7-9H2,1H3,(H,15,16)(H,17,18). The summed E-state index contributed by atoms with van der Waals surface area (Å²) in [6.07, 6.45) is 0.837. The van der Waals surface area contributed by atoms with Crippen molar-refractivity contribution < 1.29 is 19.8 Å². The number of carboxylic acids is 2. The minimum Gasteiger partial charge on any atom is -0.480 e. The van der Waals surface area contributed by atoms with Crippen LogP contribution in [0.2, 0.25) is 0 Å². The quantitative estimate of drug-likeness (QED) is 0.762. The lowest BCUT2D eigenvalue weighted by molar-refractivity contribution is -0.142. The topological polar surface area (TPSA) is 77.8 Å². The summed E-state index contributed by atoms with van der Waals surface area (Å²) in [4.78, 5) is 22.8. The van der Waals surface area contributed by atoms with Crippen LogP contribution in [0.3, 0.4) is 0 Å². The van der Waals surface area contributed by atoms with Gasteiger partial charge in [0, 0.05) is 6.54 Å². The number of carboxylic acid groups (broad SMARTS) is 2. The first-order valence-electron chi connectivity index (χ1n) is 5.75. The molecule has 0 spiro atoms. The molecule has 2 N–H and O–H groups in total. The molecule has 0 aliphatic heterocycles. The number of aliphatic carboxylic acids is 2. The molecule has 1 aromatic rings. The third kappa shape index (κ3) is 4.55. The second-order valence-corrected chi connectivity index (χ2v) is 4.05. The molecule has 0 heterocycles. The van der Waals surface area contributed by atoms with Crippen LogP contribution in [0.1, 0.15) is 18.1 Å². The molecule has 1 aromatic carbocycles. The Morgan fingerprint density at radius 2 is 1.56 bits per heavy atom. The van der Waals surface area contributed by atoms with Crippen molar-refractivity contribution in [2.45, 2.75) is 19.9 Å². The highest BCUT2D eigenvalue weighted by Gasteiger charge is 2.14. The zero-order valence-electron chi connectivity index (χ0n) is 10.3. The van der Waals surface area contributed by atoms with Gasteiger partial charge in [-0.05, 0) is 17.5 Å². The van der Waals surface area contributed by atoms with Crippen LogP contribution in [-0.4, -0.2) is 40.1 Å². The minimum atomic E-state index is -1.02. The third-order valence-corrected chi connectivity index (χ3v) is 2.61. The van der Waals surface area contributed by atoms with Crippen molar-refractivity contribution in [2.24, 2.45) is 0 Å². The lowest BCUT2D eigenvalue weighted by Gasteiger charge is -2.19. The number of benzene rings is 1. The fourth-order valence-electron chi connectivity index (χ4n) is 1.85. The van der Waals surface area contributed by atoms with Crippen molar-refractivity contribution in [3.8, 4) is 0 Å². The lowest BCUT2D eigenvalue weighted by Crippen LogP contribution is -2.34. The van der Waals surface area contributed by atoms with E-state index in [1.165, 1.54) is 4.90 Å². The molecule has 5 heteroatoms. The van der Waals surface area contributed by atoms with Crippen LogP contribution in [-0.2, 0) is 22.6 Å². The Labute approximate surface area is 106 Å². The molecule has 0 aliphatic rings. The van der Waals surface area contributed by atoms with Crippen molar-refractivity contribution in [1.29, 1.82) is 0 Å².